The number of amides is 1. The lowest BCUT2D eigenvalue weighted by molar-refractivity contribution is -0.140. The minimum atomic E-state index is -0.839. The molecular weight excluding hydrogens is 462 g/mol. The Hall–Kier alpha value is -3.58. The Morgan fingerprint density at radius 1 is 1.09 bits per heavy atom. The van der Waals surface area contributed by atoms with Crippen molar-refractivity contribution >= 4 is 28.8 Å². The Bertz CT molecular complexity index is 1290. The average molecular weight is 492 g/mol. The molecule has 1 fully saturated rings. The predicted octanol–water partition coefficient (Wildman–Crippen LogP) is 5.77. The lowest BCUT2D eigenvalue weighted by Gasteiger charge is -2.26. The number of benzene rings is 2. The van der Waals surface area contributed by atoms with E-state index in [1.807, 2.05) is 51.3 Å². The van der Waals surface area contributed by atoms with Gasteiger partial charge >= 0.3 is 0 Å². The van der Waals surface area contributed by atoms with Gasteiger partial charge in [-0.3, -0.25) is 9.59 Å². The monoisotopic (exact) mass is 491 g/mol. The van der Waals surface area contributed by atoms with Crippen LogP contribution in [0.1, 0.15) is 55.3 Å². The van der Waals surface area contributed by atoms with Crippen LogP contribution in [0.4, 0.5) is 0 Å². The van der Waals surface area contributed by atoms with Crippen molar-refractivity contribution in [2.45, 2.75) is 45.7 Å². The molecular formula is C28H29NO5S. The van der Waals surface area contributed by atoms with E-state index < -0.39 is 17.7 Å². The molecule has 35 heavy (non-hydrogen) atoms. The third-order valence-electron chi connectivity index (χ3n) is 5.99. The van der Waals surface area contributed by atoms with Crippen molar-refractivity contribution in [2.75, 3.05) is 6.61 Å². The molecule has 1 amide bonds. The van der Waals surface area contributed by atoms with Crippen molar-refractivity contribution < 1.29 is 24.5 Å². The molecule has 1 saturated heterocycles. The number of carbonyl (C=O) groups excluding carboxylic acids is 2. The molecule has 1 aliphatic rings. The summed E-state index contributed by atoms with van der Waals surface area (Å²) in [6.07, 6.45) is 0. The number of rotatable bonds is 6. The fraction of sp³-hybridized carbons (Fsp3) is 0.286. The number of hydrogen-bond donors (Lipinski definition) is 2. The van der Waals surface area contributed by atoms with Gasteiger partial charge in [0.1, 0.15) is 17.3 Å². The normalized spacial score (nSPS) is 17.7. The summed E-state index contributed by atoms with van der Waals surface area (Å²) in [5, 5.41) is 23.5. The molecule has 182 valence electrons. The first-order chi connectivity index (χ1) is 16.6. The zero-order valence-electron chi connectivity index (χ0n) is 20.2. The fourth-order valence-corrected chi connectivity index (χ4v) is 5.06. The first-order valence-electron chi connectivity index (χ1n) is 11.5. The van der Waals surface area contributed by atoms with Crippen LogP contribution in [0.3, 0.4) is 0 Å². The van der Waals surface area contributed by atoms with Gasteiger partial charge in [0.2, 0.25) is 0 Å². The third kappa shape index (κ3) is 4.82. The quantitative estimate of drug-likeness (QED) is 0.260. The maximum atomic E-state index is 13.3. The van der Waals surface area contributed by atoms with E-state index in [1.54, 1.807) is 24.3 Å². The number of phenols is 1. The lowest BCUT2D eigenvalue weighted by atomic mass is 9.84. The van der Waals surface area contributed by atoms with Crippen LogP contribution in [0, 0.1) is 0 Å². The minimum absolute atomic E-state index is 0.00109. The van der Waals surface area contributed by atoms with E-state index in [2.05, 4.69) is 0 Å². The van der Waals surface area contributed by atoms with Gasteiger partial charge in [-0.2, -0.15) is 0 Å². The molecule has 3 aromatic rings. The first-order valence-corrected chi connectivity index (χ1v) is 12.4. The van der Waals surface area contributed by atoms with E-state index in [0.717, 1.165) is 10.4 Å². The van der Waals surface area contributed by atoms with Crippen LogP contribution >= 0.6 is 11.3 Å². The van der Waals surface area contributed by atoms with Gasteiger partial charge in [-0.25, -0.2) is 0 Å². The molecule has 1 aliphatic heterocycles. The van der Waals surface area contributed by atoms with Gasteiger partial charge in [-0.05, 0) is 59.7 Å². The highest BCUT2D eigenvalue weighted by atomic mass is 32.1. The van der Waals surface area contributed by atoms with Crippen molar-refractivity contribution in [3.8, 4) is 11.5 Å². The first kappa shape index (κ1) is 24.5. The number of nitrogens with zero attached hydrogens (tertiary/aromatic N) is 1. The van der Waals surface area contributed by atoms with Gasteiger partial charge in [0.25, 0.3) is 11.7 Å². The highest BCUT2D eigenvalue weighted by Crippen LogP contribution is 2.42. The summed E-state index contributed by atoms with van der Waals surface area (Å²) in [6.45, 7) is 8.75. The van der Waals surface area contributed by atoms with E-state index in [9.17, 15) is 19.8 Å². The van der Waals surface area contributed by atoms with Crippen molar-refractivity contribution in [2.24, 2.45) is 0 Å². The van der Waals surface area contributed by atoms with E-state index in [4.69, 9.17) is 4.74 Å². The molecule has 7 heteroatoms. The third-order valence-corrected chi connectivity index (χ3v) is 6.85. The molecule has 0 radical (unpaired) electrons. The number of phenolic OH excluding ortho intramolecular Hbond substituents is 1. The van der Waals surface area contributed by atoms with E-state index in [1.165, 1.54) is 28.4 Å². The second-order valence-electron chi connectivity index (χ2n) is 9.50. The Labute approximate surface area is 209 Å². The van der Waals surface area contributed by atoms with Crippen molar-refractivity contribution in [1.82, 2.24) is 4.90 Å². The molecule has 1 aromatic heterocycles. The Morgan fingerprint density at radius 2 is 1.86 bits per heavy atom. The van der Waals surface area contributed by atoms with Gasteiger partial charge < -0.3 is 19.8 Å². The number of aromatic hydroxyl groups is 1. The number of ether oxygens (including phenoxy) is 1. The van der Waals surface area contributed by atoms with Crippen LogP contribution in [0.15, 0.2) is 65.6 Å². The minimum Gasteiger partial charge on any atom is -0.508 e. The van der Waals surface area contributed by atoms with Gasteiger partial charge in [0.05, 0.1) is 24.8 Å². The smallest absolute Gasteiger partial charge is 0.295 e. The maximum Gasteiger partial charge on any atom is 0.295 e. The van der Waals surface area contributed by atoms with Crippen LogP contribution in [0.25, 0.3) is 5.76 Å². The number of carbonyl (C=O) groups is 2. The molecule has 2 heterocycles. The highest BCUT2D eigenvalue weighted by molar-refractivity contribution is 7.09. The number of aliphatic hydroxyl groups is 1. The molecule has 6 nitrogen and oxygen atoms in total. The summed E-state index contributed by atoms with van der Waals surface area (Å²) in [7, 11) is 0. The summed E-state index contributed by atoms with van der Waals surface area (Å²) in [5.41, 5.74) is 1.57. The van der Waals surface area contributed by atoms with Crippen LogP contribution in [-0.4, -0.2) is 33.4 Å². The summed E-state index contributed by atoms with van der Waals surface area (Å²) in [6, 6.07) is 14.7. The van der Waals surface area contributed by atoms with Crippen molar-refractivity contribution in [3.63, 3.8) is 0 Å². The second kappa shape index (κ2) is 9.58. The number of thiophene rings is 1. The Balaban J connectivity index is 1.89. The van der Waals surface area contributed by atoms with E-state index in [0.29, 0.717) is 23.5 Å². The number of ketones is 1. The molecule has 0 aliphatic carbocycles. The average Bonchev–Trinajstić information content (AvgIpc) is 3.41. The number of likely N-dealkylation sites (tertiary alicyclic amines) is 1. The Morgan fingerprint density at radius 3 is 2.49 bits per heavy atom. The standard InChI is InChI=1S/C28H29NO5S/c1-5-34-22-12-11-18(15-21(22)28(2,3)4)25(31)23-24(17-8-6-9-19(30)14-17)29(27(33)26(23)32)16-20-10-7-13-35-20/h6-15,24,30-31H,5,16H2,1-4H3/b25-23-. The topological polar surface area (TPSA) is 87.1 Å². The highest BCUT2D eigenvalue weighted by Gasteiger charge is 2.46. The molecule has 1 atom stereocenters. The second-order valence-corrected chi connectivity index (χ2v) is 10.5. The fourth-order valence-electron chi connectivity index (χ4n) is 4.36. The van der Waals surface area contributed by atoms with Gasteiger partial charge in [0, 0.05) is 16.0 Å². The predicted molar refractivity (Wildman–Crippen MR) is 137 cm³/mol. The van der Waals surface area contributed by atoms with E-state index >= 15 is 0 Å². The van der Waals surface area contributed by atoms with Gasteiger partial charge in [-0.1, -0.05) is 39.0 Å². The lowest BCUT2D eigenvalue weighted by Crippen LogP contribution is -2.28. The molecule has 1 unspecified atom stereocenters. The molecule has 2 N–H and O–H groups in total. The number of hydrogen-bond acceptors (Lipinski definition) is 6. The van der Waals surface area contributed by atoms with Gasteiger partial charge in [-0.15, -0.1) is 11.3 Å². The maximum absolute atomic E-state index is 13.3. The van der Waals surface area contributed by atoms with Crippen LogP contribution in [0.2, 0.25) is 0 Å². The van der Waals surface area contributed by atoms with Gasteiger partial charge in [0.15, 0.2) is 0 Å². The SMILES string of the molecule is CCOc1ccc(/C(O)=C2/C(=O)C(=O)N(Cc3cccs3)C2c2cccc(O)c2)cc1C(C)(C)C. The van der Waals surface area contributed by atoms with Crippen LogP contribution < -0.4 is 4.74 Å². The molecule has 4 rings (SSSR count). The summed E-state index contributed by atoms with van der Waals surface area (Å²) >= 11 is 1.48. The molecule has 0 bridgehead atoms. The van der Waals surface area contributed by atoms with Crippen LogP contribution in [-0.2, 0) is 21.5 Å². The summed E-state index contributed by atoms with van der Waals surface area (Å²) in [5.74, 6) is -0.965. The molecule has 2 aromatic carbocycles. The Kier molecular flexibility index (Phi) is 6.72. The number of Topliss-reactive ketones (excluding diaryl/α,β-unsaturated/α-hetero) is 1. The zero-order valence-corrected chi connectivity index (χ0v) is 21.1. The zero-order chi connectivity index (χ0) is 25.3. The van der Waals surface area contributed by atoms with Crippen molar-refractivity contribution in [1.29, 1.82) is 0 Å². The largest absolute Gasteiger partial charge is 0.508 e. The molecule has 0 saturated carbocycles. The summed E-state index contributed by atoms with van der Waals surface area (Å²) < 4.78 is 5.79. The van der Waals surface area contributed by atoms with Crippen molar-refractivity contribution in [3.05, 3.63) is 87.1 Å². The number of aliphatic hydroxyl groups excluding tert-OH is 1. The van der Waals surface area contributed by atoms with Crippen LogP contribution in [0.5, 0.6) is 11.5 Å². The molecule has 0 spiro atoms. The van der Waals surface area contributed by atoms with E-state index in [-0.39, 0.29) is 29.0 Å². The summed E-state index contributed by atoms with van der Waals surface area (Å²) in [4.78, 5) is 28.8.